The minimum Gasteiger partial charge on any atom is -0.490 e. The third-order valence-corrected chi connectivity index (χ3v) is 4.85. The van der Waals surface area contributed by atoms with Gasteiger partial charge < -0.3 is 14.8 Å². The number of anilines is 1. The van der Waals surface area contributed by atoms with Crippen LogP contribution in [0, 0.1) is 5.82 Å². The summed E-state index contributed by atoms with van der Waals surface area (Å²) in [6.07, 6.45) is 0. The van der Waals surface area contributed by atoms with Crippen molar-refractivity contribution >= 4 is 33.2 Å². The van der Waals surface area contributed by atoms with E-state index < -0.39 is 0 Å². The Hall–Kier alpha value is -2.24. The maximum atomic E-state index is 13.8. The summed E-state index contributed by atoms with van der Waals surface area (Å²) in [5, 5.41) is 3.77. The van der Waals surface area contributed by atoms with E-state index in [2.05, 4.69) is 21.2 Å². The first-order chi connectivity index (χ1) is 13.6. The summed E-state index contributed by atoms with van der Waals surface area (Å²) >= 11 is 9.87. The molecule has 28 heavy (non-hydrogen) atoms. The van der Waals surface area contributed by atoms with Crippen LogP contribution in [0.3, 0.4) is 0 Å². The Balaban J connectivity index is 1.75. The molecular formula is C22H20BrClFNO2. The summed E-state index contributed by atoms with van der Waals surface area (Å²) in [6, 6.07) is 18.1. The lowest BCUT2D eigenvalue weighted by atomic mass is 10.2. The highest BCUT2D eigenvalue weighted by Crippen LogP contribution is 2.37. The molecule has 0 radical (unpaired) electrons. The third-order valence-electron chi connectivity index (χ3n) is 4.04. The van der Waals surface area contributed by atoms with Crippen LogP contribution in [0.4, 0.5) is 10.1 Å². The maximum absolute atomic E-state index is 13.8. The SMILES string of the molecule is CCOc1cc(CNc2ccc(Br)cc2)cc(Cl)c1OCc1ccccc1F. The Morgan fingerprint density at radius 3 is 2.50 bits per heavy atom. The molecule has 6 heteroatoms. The molecule has 0 heterocycles. The smallest absolute Gasteiger partial charge is 0.180 e. The van der Waals surface area contributed by atoms with Crippen LogP contribution < -0.4 is 14.8 Å². The molecule has 0 aliphatic carbocycles. The number of benzene rings is 3. The summed E-state index contributed by atoms with van der Waals surface area (Å²) < 4.78 is 26.4. The van der Waals surface area contributed by atoms with E-state index >= 15 is 0 Å². The van der Waals surface area contributed by atoms with Gasteiger partial charge in [-0.05, 0) is 55.0 Å². The van der Waals surface area contributed by atoms with Gasteiger partial charge in [-0.2, -0.15) is 0 Å². The van der Waals surface area contributed by atoms with E-state index in [4.69, 9.17) is 21.1 Å². The van der Waals surface area contributed by atoms with Crippen LogP contribution in [0.2, 0.25) is 5.02 Å². The van der Waals surface area contributed by atoms with E-state index in [1.807, 2.05) is 43.3 Å². The van der Waals surface area contributed by atoms with Crippen molar-refractivity contribution in [2.45, 2.75) is 20.1 Å². The topological polar surface area (TPSA) is 30.5 Å². The van der Waals surface area contributed by atoms with Gasteiger partial charge in [0, 0.05) is 22.3 Å². The summed E-state index contributed by atoms with van der Waals surface area (Å²) in [7, 11) is 0. The highest BCUT2D eigenvalue weighted by molar-refractivity contribution is 9.10. The first kappa shape index (κ1) is 20.5. The second-order valence-electron chi connectivity index (χ2n) is 6.08. The number of rotatable bonds is 8. The third kappa shape index (κ3) is 5.40. The fourth-order valence-electron chi connectivity index (χ4n) is 2.66. The number of ether oxygens (including phenoxy) is 2. The van der Waals surface area contributed by atoms with Crippen LogP contribution in [-0.2, 0) is 13.2 Å². The van der Waals surface area contributed by atoms with Gasteiger partial charge in [0.15, 0.2) is 11.5 Å². The fourth-order valence-corrected chi connectivity index (χ4v) is 3.22. The molecule has 3 aromatic rings. The molecule has 3 nitrogen and oxygen atoms in total. The van der Waals surface area contributed by atoms with Gasteiger partial charge in [0.1, 0.15) is 12.4 Å². The van der Waals surface area contributed by atoms with Gasteiger partial charge in [-0.15, -0.1) is 0 Å². The monoisotopic (exact) mass is 463 g/mol. The summed E-state index contributed by atoms with van der Waals surface area (Å²) in [5.41, 5.74) is 2.41. The lowest BCUT2D eigenvalue weighted by Crippen LogP contribution is -2.04. The van der Waals surface area contributed by atoms with Gasteiger partial charge in [0.05, 0.1) is 11.6 Å². The standard InChI is InChI=1S/C22H20BrClFNO2/c1-2-27-21-12-15(13-26-18-9-7-17(23)8-10-18)11-19(24)22(21)28-14-16-5-3-4-6-20(16)25/h3-12,26H,2,13-14H2,1H3. The van der Waals surface area contributed by atoms with E-state index in [0.29, 0.717) is 35.2 Å². The normalized spacial score (nSPS) is 10.6. The van der Waals surface area contributed by atoms with E-state index in [-0.39, 0.29) is 12.4 Å². The molecule has 0 aliphatic heterocycles. The molecule has 0 bridgehead atoms. The maximum Gasteiger partial charge on any atom is 0.180 e. The van der Waals surface area contributed by atoms with Crippen molar-refractivity contribution in [1.82, 2.24) is 0 Å². The van der Waals surface area contributed by atoms with Crippen LogP contribution in [0.5, 0.6) is 11.5 Å². The van der Waals surface area contributed by atoms with Gasteiger partial charge in [-0.3, -0.25) is 0 Å². The van der Waals surface area contributed by atoms with E-state index in [1.165, 1.54) is 6.07 Å². The average molecular weight is 465 g/mol. The molecular weight excluding hydrogens is 445 g/mol. The molecule has 0 saturated heterocycles. The molecule has 0 atom stereocenters. The second-order valence-corrected chi connectivity index (χ2v) is 7.40. The second kappa shape index (κ2) is 9.80. The minimum absolute atomic E-state index is 0.0724. The lowest BCUT2D eigenvalue weighted by molar-refractivity contribution is 0.266. The summed E-state index contributed by atoms with van der Waals surface area (Å²) in [5.74, 6) is 0.644. The van der Waals surface area contributed by atoms with Crippen molar-refractivity contribution in [2.75, 3.05) is 11.9 Å². The molecule has 3 aromatic carbocycles. The van der Waals surface area contributed by atoms with Crippen molar-refractivity contribution in [1.29, 1.82) is 0 Å². The van der Waals surface area contributed by atoms with Gasteiger partial charge in [-0.25, -0.2) is 4.39 Å². The molecule has 3 rings (SSSR count). The van der Waals surface area contributed by atoms with Crippen molar-refractivity contribution in [2.24, 2.45) is 0 Å². The van der Waals surface area contributed by atoms with E-state index in [9.17, 15) is 4.39 Å². The van der Waals surface area contributed by atoms with Crippen LogP contribution >= 0.6 is 27.5 Å². The van der Waals surface area contributed by atoms with Gasteiger partial charge in [0.2, 0.25) is 0 Å². The first-order valence-electron chi connectivity index (χ1n) is 8.87. The fraction of sp³-hybridized carbons (Fsp3) is 0.182. The zero-order chi connectivity index (χ0) is 19.9. The van der Waals surface area contributed by atoms with Crippen molar-refractivity contribution < 1.29 is 13.9 Å². The van der Waals surface area contributed by atoms with E-state index in [1.54, 1.807) is 18.2 Å². The molecule has 0 aliphatic rings. The molecule has 146 valence electrons. The largest absolute Gasteiger partial charge is 0.490 e. The quantitative estimate of drug-likeness (QED) is 0.396. The van der Waals surface area contributed by atoms with Crippen LogP contribution in [0.25, 0.3) is 0 Å². The first-order valence-corrected chi connectivity index (χ1v) is 10.0. The zero-order valence-electron chi connectivity index (χ0n) is 15.3. The molecule has 0 aromatic heterocycles. The molecule has 0 spiro atoms. The van der Waals surface area contributed by atoms with Crippen LogP contribution in [0.15, 0.2) is 65.1 Å². The molecule has 0 saturated carbocycles. The zero-order valence-corrected chi connectivity index (χ0v) is 17.7. The van der Waals surface area contributed by atoms with Crippen LogP contribution in [-0.4, -0.2) is 6.61 Å². The van der Waals surface area contributed by atoms with E-state index in [0.717, 1.165) is 15.7 Å². The minimum atomic E-state index is -0.313. The number of hydrogen-bond acceptors (Lipinski definition) is 3. The predicted molar refractivity (Wildman–Crippen MR) is 115 cm³/mol. The number of halogens is 3. The summed E-state index contributed by atoms with van der Waals surface area (Å²) in [6.45, 7) is 3.01. The highest BCUT2D eigenvalue weighted by atomic mass is 79.9. The Labute approximate surface area is 177 Å². The molecule has 0 unspecified atom stereocenters. The van der Waals surface area contributed by atoms with Gasteiger partial charge in [0.25, 0.3) is 0 Å². The predicted octanol–water partition coefficient (Wildman–Crippen LogP) is 6.83. The van der Waals surface area contributed by atoms with Gasteiger partial charge in [-0.1, -0.05) is 45.7 Å². The van der Waals surface area contributed by atoms with Crippen molar-refractivity contribution in [3.05, 3.63) is 87.1 Å². The number of hydrogen-bond donors (Lipinski definition) is 1. The Morgan fingerprint density at radius 1 is 1.04 bits per heavy atom. The molecule has 0 fully saturated rings. The Morgan fingerprint density at radius 2 is 1.79 bits per heavy atom. The average Bonchev–Trinajstić information content (AvgIpc) is 2.68. The lowest BCUT2D eigenvalue weighted by Gasteiger charge is -2.16. The Kier molecular flexibility index (Phi) is 7.18. The highest BCUT2D eigenvalue weighted by Gasteiger charge is 2.14. The van der Waals surface area contributed by atoms with Gasteiger partial charge >= 0.3 is 0 Å². The number of nitrogens with one attached hydrogen (secondary N) is 1. The van der Waals surface area contributed by atoms with Crippen molar-refractivity contribution in [3.63, 3.8) is 0 Å². The molecule has 1 N–H and O–H groups in total. The summed E-state index contributed by atoms with van der Waals surface area (Å²) in [4.78, 5) is 0. The molecule has 0 amide bonds. The Bertz CT molecular complexity index is 934. The van der Waals surface area contributed by atoms with Crippen LogP contribution in [0.1, 0.15) is 18.1 Å². The van der Waals surface area contributed by atoms with Crippen molar-refractivity contribution in [3.8, 4) is 11.5 Å².